The molecule has 11 aromatic carbocycles. The molecule has 0 atom stereocenters. The van der Waals surface area contributed by atoms with Crippen molar-refractivity contribution in [1.82, 2.24) is 24.1 Å². The Balaban J connectivity index is 1.13. The molecule has 0 aliphatic carbocycles. The zero-order chi connectivity index (χ0) is 56.8. The molecule has 14 rings (SSSR count). The minimum absolute atomic E-state index is 0.294. The highest BCUT2D eigenvalue weighted by atomic mass is 15.1. The van der Waals surface area contributed by atoms with Crippen LogP contribution in [0.2, 0.25) is 0 Å². The minimum Gasteiger partial charge on any atom is -0.307 e. The number of aromatic nitrogens is 5. The van der Waals surface area contributed by atoms with Crippen molar-refractivity contribution >= 4 is 43.6 Å². The first-order valence-electron chi connectivity index (χ1n) is 27.0. The molecule has 3 heterocycles. The molecule has 10 nitrogen and oxygen atoms in total. The summed E-state index contributed by atoms with van der Waals surface area (Å²) in [6.07, 6.45) is 0. The van der Waals surface area contributed by atoms with Crippen molar-refractivity contribution < 1.29 is 0 Å². The largest absolute Gasteiger partial charge is 0.307 e. The number of nitrogens with zero attached hydrogens (tertiary/aromatic N) is 10. The van der Waals surface area contributed by atoms with E-state index in [2.05, 4.69) is 88.0 Å². The van der Waals surface area contributed by atoms with Gasteiger partial charge in [-0.25, -0.2) is 15.0 Å². The van der Waals surface area contributed by atoms with Crippen LogP contribution in [0.3, 0.4) is 0 Å². The molecule has 14 aromatic rings. The van der Waals surface area contributed by atoms with E-state index in [9.17, 15) is 26.3 Å². The Kier molecular flexibility index (Phi) is 12.2. The highest BCUT2D eigenvalue weighted by Gasteiger charge is 2.26. The lowest BCUT2D eigenvalue weighted by Crippen LogP contribution is -2.07. The van der Waals surface area contributed by atoms with Crippen molar-refractivity contribution in [3.05, 3.63) is 270 Å². The fourth-order valence-electron chi connectivity index (χ4n) is 11.7. The van der Waals surface area contributed by atoms with Gasteiger partial charge >= 0.3 is 0 Å². The molecule has 10 heteroatoms. The molecule has 0 N–H and O–H groups in total. The number of rotatable bonds is 9. The monoisotopic (exact) mass is 1070 g/mol. The lowest BCUT2D eigenvalue weighted by atomic mass is 9.96. The van der Waals surface area contributed by atoms with Crippen LogP contribution in [0.5, 0.6) is 0 Å². The van der Waals surface area contributed by atoms with E-state index >= 15 is 0 Å². The zero-order valence-electron chi connectivity index (χ0n) is 44.6. The normalized spacial score (nSPS) is 11.0. The molecular formula is C74H40N10. The van der Waals surface area contributed by atoms with Crippen LogP contribution in [-0.4, -0.2) is 24.1 Å². The summed E-state index contributed by atoms with van der Waals surface area (Å²) < 4.78 is 4.41. The van der Waals surface area contributed by atoms with Crippen molar-refractivity contribution in [3.63, 3.8) is 0 Å². The van der Waals surface area contributed by atoms with Crippen LogP contribution < -0.4 is 0 Å². The molecular weight excluding hydrogens is 1030 g/mol. The van der Waals surface area contributed by atoms with Gasteiger partial charge in [-0.1, -0.05) is 158 Å². The van der Waals surface area contributed by atoms with Gasteiger partial charge < -0.3 is 9.13 Å². The average Bonchev–Trinajstić information content (AvgIpc) is 2.35. The smallest absolute Gasteiger partial charge is 0.165 e. The number of nitriles is 5. The standard InChI is InChI=1S/C74H40N10/c75-41-52-19-7-11-23-57(52)48-27-31-66-62(35-48)63-36-49(58-24-12-8-20-53(58)42-76)28-32-67(63)83(66)70-39-56(45-79)61(74-81-72(46-15-3-1-4-16-46)80-73(82-74)47-17-5-2-6-18-47)40-71(70)84-68-33-29-50(59-25-13-9-21-54(59)43-77)37-64(68)65-38-51(30-34-69(65)84)60-26-14-10-22-55(60)44-78/h1-40H. The molecule has 3 aromatic heterocycles. The first kappa shape index (κ1) is 49.8. The van der Waals surface area contributed by atoms with Crippen LogP contribution in [0.25, 0.3) is 134 Å². The van der Waals surface area contributed by atoms with Gasteiger partial charge in [0.2, 0.25) is 0 Å². The minimum atomic E-state index is 0.294. The predicted molar refractivity (Wildman–Crippen MR) is 330 cm³/mol. The summed E-state index contributed by atoms with van der Waals surface area (Å²) in [5.41, 5.74) is 15.6. The van der Waals surface area contributed by atoms with E-state index in [4.69, 9.17) is 15.0 Å². The van der Waals surface area contributed by atoms with Gasteiger partial charge in [0.25, 0.3) is 0 Å². The third-order valence-corrected chi connectivity index (χ3v) is 15.6. The summed E-state index contributed by atoms with van der Waals surface area (Å²) in [6.45, 7) is 0. The summed E-state index contributed by atoms with van der Waals surface area (Å²) in [5.74, 6) is 1.17. The molecule has 0 amide bonds. The van der Waals surface area contributed by atoms with Gasteiger partial charge in [0.05, 0.1) is 91.6 Å². The Bertz CT molecular complexity index is 4980. The second-order valence-electron chi connectivity index (χ2n) is 20.3. The molecule has 0 bridgehead atoms. The second kappa shape index (κ2) is 20.6. The van der Waals surface area contributed by atoms with E-state index in [1.165, 1.54) is 0 Å². The van der Waals surface area contributed by atoms with Crippen LogP contribution in [0.4, 0.5) is 0 Å². The quantitative estimate of drug-likeness (QED) is 0.138. The summed E-state index contributed by atoms with van der Waals surface area (Å²) in [7, 11) is 0. The van der Waals surface area contributed by atoms with Crippen molar-refractivity contribution in [1.29, 1.82) is 26.3 Å². The van der Waals surface area contributed by atoms with Crippen molar-refractivity contribution in [2.24, 2.45) is 0 Å². The highest BCUT2D eigenvalue weighted by molar-refractivity contribution is 6.14. The Morgan fingerprint density at radius 2 is 0.524 bits per heavy atom. The zero-order valence-corrected chi connectivity index (χ0v) is 44.6. The SMILES string of the molecule is N#Cc1ccccc1-c1ccc2c(c1)c1cc(-c3ccccc3C#N)ccc1n2-c1cc(C#N)c(-c2nc(-c3ccccc3)nc(-c3ccccc3)n2)cc1-n1c2ccc(-c3ccccc3C#N)cc2c2cc(-c3ccccc3C#N)ccc21. The molecule has 0 saturated carbocycles. The molecule has 0 radical (unpaired) electrons. The van der Waals surface area contributed by atoms with Crippen molar-refractivity contribution in [2.75, 3.05) is 0 Å². The second-order valence-corrected chi connectivity index (χ2v) is 20.3. The van der Waals surface area contributed by atoms with Crippen LogP contribution >= 0.6 is 0 Å². The summed E-state index contributed by atoms with van der Waals surface area (Å²) >= 11 is 0. The Morgan fingerprint density at radius 1 is 0.238 bits per heavy atom. The van der Waals surface area contributed by atoms with E-state index in [-0.39, 0.29) is 0 Å². The van der Waals surface area contributed by atoms with Crippen LogP contribution in [0.1, 0.15) is 27.8 Å². The molecule has 0 saturated heterocycles. The summed E-state index contributed by atoms with van der Waals surface area (Å²) in [5, 5.41) is 56.6. The third-order valence-electron chi connectivity index (χ3n) is 15.6. The molecule has 0 aliphatic heterocycles. The molecule has 0 unspecified atom stereocenters. The van der Waals surface area contributed by atoms with E-state index in [0.717, 1.165) is 99.2 Å². The van der Waals surface area contributed by atoms with E-state index in [0.29, 0.717) is 62.2 Å². The number of hydrogen-bond acceptors (Lipinski definition) is 8. The molecule has 84 heavy (non-hydrogen) atoms. The van der Waals surface area contributed by atoms with Crippen LogP contribution in [-0.2, 0) is 0 Å². The Hall–Kier alpha value is -12.5. The topological polar surface area (TPSA) is 167 Å². The van der Waals surface area contributed by atoms with Gasteiger partial charge in [-0.15, -0.1) is 0 Å². The first-order valence-corrected chi connectivity index (χ1v) is 27.0. The van der Waals surface area contributed by atoms with E-state index in [1.807, 2.05) is 194 Å². The molecule has 0 fully saturated rings. The molecule has 0 spiro atoms. The van der Waals surface area contributed by atoms with Gasteiger partial charge in [0.15, 0.2) is 17.5 Å². The van der Waals surface area contributed by atoms with Gasteiger partial charge in [-0.05, 0) is 129 Å². The van der Waals surface area contributed by atoms with Gasteiger partial charge in [-0.2, -0.15) is 26.3 Å². The Morgan fingerprint density at radius 3 is 0.845 bits per heavy atom. The fourth-order valence-corrected chi connectivity index (χ4v) is 11.7. The van der Waals surface area contributed by atoms with Gasteiger partial charge in [0.1, 0.15) is 0 Å². The summed E-state index contributed by atoms with van der Waals surface area (Å²) in [6, 6.07) is 90.7. The predicted octanol–water partition coefficient (Wildman–Crippen LogP) is 17.1. The van der Waals surface area contributed by atoms with E-state index < -0.39 is 0 Å². The third kappa shape index (κ3) is 8.35. The molecule has 0 aliphatic rings. The Labute approximate surface area is 482 Å². The lowest BCUT2D eigenvalue weighted by molar-refractivity contribution is 1.06. The maximum Gasteiger partial charge on any atom is 0.165 e. The van der Waals surface area contributed by atoms with Crippen LogP contribution in [0, 0.1) is 56.7 Å². The maximum absolute atomic E-state index is 11.6. The van der Waals surface area contributed by atoms with Crippen molar-refractivity contribution in [2.45, 2.75) is 0 Å². The van der Waals surface area contributed by atoms with Gasteiger partial charge in [0, 0.05) is 38.2 Å². The lowest BCUT2D eigenvalue weighted by Gasteiger charge is -2.20. The maximum atomic E-state index is 11.6. The number of fused-ring (bicyclic) bond motifs is 6. The van der Waals surface area contributed by atoms with Gasteiger partial charge in [-0.3, -0.25) is 0 Å². The highest BCUT2D eigenvalue weighted by Crippen LogP contribution is 2.45. The van der Waals surface area contributed by atoms with Crippen LogP contribution in [0.15, 0.2) is 243 Å². The first-order chi connectivity index (χ1) is 41.4. The fraction of sp³-hybridized carbons (Fsp3) is 0. The van der Waals surface area contributed by atoms with E-state index in [1.54, 1.807) is 0 Å². The summed E-state index contributed by atoms with van der Waals surface area (Å²) in [4.78, 5) is 15.4. The number of benzene rings is 11. The average molecular weight is 1070 g/mol. The molecule has 386 valence electrons. The number of hydrogen-bond donors (Lipinski definition) is 0. The van der Waals surface area contributed by atoms with Crippen molar-refractivity contribution in [3.8, 4) is 120 Å².